The zero-order valence-corrected chi connectivity index (χ0v) is 11.3. The number of rotatable bonds is 5. The lowest BCUT2D eigenvalue weighted by Crippen LogP contribution is -2.20. The Kier molecular flexibility index (Phi) is 4.68. The second-order valence-corrected chi connectivity index (χ2v) is 4.65. The van der Waals surface area contributed by atoms with Crippen molar-refractivity contribution in [3.63, 3.8) is 0 Å². The third-order valence-corrected chi connectivity index (χ3v) is 3.05. The van der Waals surface area contributed by atoms with E-state index in [1.165, 1.54) is 12.1 Å². The van der Waals surface area contributed by atoms with Gasteiger partial charge in [-0.3, -0.25) is 4.79 Å². The molecule has 2 rings (SSSR count). The summed E-state index contributed by atoms with van der Waals surface area (Å²) >= 11 is 0. The normalized spacial score (nSPS) is 11.7. The number of anilines is 1. The van der Waals surface area contributed by atoms with Gasteiger partial charge in [-0.05, 0) is 29.8 Å². The molecule has 108 valence electrons. The molecule has 0 aliphatic heterocycles. The highest BCUT2D eigenvalue weighted by Crippen LogP contribution is 2.15. The molecule has 1 atom stereocenters. The van der Waals surface area contributed by atoms with E-state index in [-0.39, 0.29) is 23.9 Å². The van der Waals surface area contributed by atoms with Gasteiger partial charge < -0.3 is 16.2 Å². The summed E-state index contributed by atoms with van der Waals surface area (Å²) in [6.07, 6.45) is 0.157. The summed E-state index contributed by atoms with van der Waals surface area (Å²) in [5.74, 6) is -1.21. The van der Waals surface area contributed by atoms with Gasteiger partial charge in [-0.2, -0.15) is 0 Å². The predicted molar refractivity (Wildman–Crippen MR) is 80.0 cm³/mol. The van der Waals surface area contributed by atoms with Crippen molar-refractivity contribution in [3.05, 3.63) is 65.7 Å². The Balaban J connectivity index is 1.94. The minimum absolute atomic E-state index is 0.157. The number of nitrogens with two attached hydrogens (primary N) is 1. The molecular formula is C16H16N2O3. The maximum atomic E-state index is 11.9. The van der Waals surface area contributed by atoms with Crippen molar-refractivity contribution in [1.82, 2.24) is 0 Å². The number of amides is 1. The zero-order valence-electron chi connectivity index (χ0n) is 11.3. The molecule has 1 unspecified atom stereocenters. The van der Waals surface area contributed by atoms with E-state index in [0.717, 1.165) is 5.56 Å². The van der Waals surface area contributed by atoms with Crippen LogP contribution in [0, 0.1) is 0 Å². The first-order valence-electron chi connectivity index (χ1n) is 6.50. The fraction of sp³-hybridized carbons (Fsp3) is 0.125. The number of nitrogens with one attached hydrogen (secondary N) is 1. The second kappa shape index (κ2) is 6.67. The number of carbonyl (C=O) groups is 2. The van der Waals surface area contributed by atoms with Crippen LogP contribution in [0.3, 0.4) is 0 Å². The van der Waals surface area contributed by atoms with Gasteiger partial charge in [0, 0.05) is 18.2 Å². The number of benzene rings is 2. The van der Waals surface area contributed by atoms with Crippen LogP contribution in [0.2, 0.25) is 0 Å². The standard InChI is InChI=1S/C16H16N2O3/c17-14(11-4-2-1-3-5-11)10-15(19)18-13-8-6-12(7-9-13)16(20)21/h1-9,14H,10,17H2,(H,18,19)(H,20,21). The zero-order chi connectivity index (χ0) is 15.2. The average Bonchev–Trinajstić information content (AvgIpc) is 2.48. The van der Waals surface area contributed by atoms with Crippen LogP contribution in [-0.2, 0) is 4.79 Å². The largest absolute Gasteiger partial charge is 0.478 e. The number of carbonyl (C=O) groups excluding carboxylic acids is 1. The van der Waals surface area contributed by atoms with Crippen molar-refractivity contribution in [2.24, 2.45) is 5.73 Å². The average molecular weight is 284 g/mol. The number of hydrogen-bond acceptors (Lipinski definition) is 3. The smallest absolute Gasteiger partial charge is 0.335 e. The van der Waals surface area contributed by atoms with E-state index < -0.39 is 5.97 Å². The quantitative estimate of drug-likeness (QED) is 0.786. The fourth-order valence-electron chi connectivity index (χ4n) is 1.93. The van der Waals surface area contributed by atoms with Crippen molar-refractivity contribution in [3.8, 4) is 0 Å². The third kappa shape index (κ3) is 4.15. The lowest BCUT2D eigenvalue weighted by molar-refractivity contribution is -0.116. The Labute approximate surface area is 122 Å². The van der Waals surface area contributed by atoms with Crippen molar-refractivity contribution in [1.29, 1.82) is 0 Å². The Hall–Kier alpha value is -2.66. The highest BCUT2D eigenvalue weighted by molar-refractivity contribution is 5.92. The molecule has 2 aromatic rings. The van der Waals surface area contributed by atoms with E-state index in [1.807, 2.05) is 30.3 Å². The molecule has 0 aliphatic rings. The minimum Gasteiger partial charge on any atom is -0.478 e. The summed E-state index contributed by atoms with van der Waals surface area (Å²) < 4.78 is 0. The van der Waals surface area contributed by atoms with Gasteiger partial charge in [0.05, 0.1) is 5.56 Å². The van der Waals surface area contributed by atoms with Gasteiger partial charge >= 0.3 is 5.97 Å². The Morgan fingerprint density at radius 2 is 1.67 bits per heavy atom. The maximum Gasteiger partial charge on any atom is 0.335 e. The molecule has 5 heteroatoms. The van der Waals surface area contributed by atoms with Gasteiger partial charge in [-0.15, -0.1) is 0 Å². The summed E-state index contributed by atoms with van der Waals surface area (Å²) in [5, 5.41) is 11.5. The van der Waals surface area contributed by atoms with Gasteiger partial charge in [0.25, 0.3) is 0 Å². The highest BCUT2D eigenvalue weighted by atomic mass is 16.4. The topological polar surface area (TPSA) is 92.4 Å². The maximum absolute atomic E-state index is 11.9. The van der Waals surface area contributed by atoms with Crippen molar-refractivity contribution in [2.75, 3.05) is 5.32 Å². The molecule has 0 fully saturated rings. The van der Waals surface area contributed by atoms with E-state index in [1.54, 1.807) is 12.1 Å². The number of aromatic carboxylic acids is 1. The molecule has 0 saturated carbocycles. The van der Waals surface area contributed by atoms with Gasteiger partial charge in [-0.1, -0.05) is 30.3 Å². The van der Waals surface area contributed by atoms with E-state index in [9.17, 15) is 9.59 Å². The Bertz CT molecular complexity index is 624. The summed E-state index contributed by atoms with van der Waals surface area (Å²) in [5.41, 5.74) is 7.59. The molecule has 0 spiro atoms. The van der Waals surface area contributed by atoms with Gasteiger partial charge in [0.15, 0.2) is 0 Å². The third-order valence-electron chi connectivity index (χ3n) is 3.05. The van der Waals surface area contributed by atoms with E-state index in [0.29, 0.717) is 5.69 Å². The highest BCUT2D eigenvalue weighted by Gasteiger charge is 2.11. The Morgan fingerprint density at radius 3 is 2.24 bits per heavy atom. The summed E-state index contributed by atoms with van der Waals surface area (Å²) in [6.45, 7) is 0. The molecule has 0 aliphatic carbocycles. The minimum atomic E-state index is -1.00. The fourth-order valence-corrected chi connectivity index (χ4v) is 1.93. The van der Waals surface area contributed by atoms with Crippen LogP contribution in [0.25, 0.3) is 0 Å². The molecule has 0 aromatic heterocycles. The summed E-state index contributed by atoms with van der Waals surface area (Å²) in [7, 11) is 0. The number of carboxylic acid groups (broad SMARTS) is 1. The first-order chi connectivity index (χ1) is 10.1. The van der Waals surface area contributed by atoms with Crippen LogP contribution in [0.15, 0.2) is 54.6 Å². The van der Waals surface area contributed by atoms with Crippen molar-refractivity contribution < 1.29 is 14.7 Å². The molecule has 5 nitrogen and oxygen atoms in total. The van der Waals surface area contributed by atoms with E-state index in [4.69, 9.17) is 10.8 Å². The van der Waals surface area contributed by atoms with Crippen molar-refractivity contribution >= 4 is 17.6 Å². The molecule has 4 N–H and O–H groups in total. The number of carboxylic acids is 1. The molecule has 0 saturated heterocycles. The first-order valence-corrected chi connectivity index (χ1v) is 6.50. The van der Waals surface area contributed by atoms with Crippen molar-refractivity contribution in [2.45, 2.75) is 12.5 Å². The molecule has 2 aromatic carbocycles. The number of hydrogen-bond donors (Lipinski definition) is 3. The Morgan fingerprint density at radius 1 is 1.05 bits per heavy atom. The van der Waals surface area contributed by atoms with Gasteiger partial charge in [0.1, 0.15) is 0 Å². The lowest BCUT2D eigenvalue weighted by atomic mass is 10.0. The van der Waals surface area contributed by atoms with Crippen LogP contribution in [0.4, 0.5) is 5.69 Å². The van der Waals surface area contributed by atoms with E-state index >= 15 is 0 Å². The molecule has 1 amide bonds. The van der Waals surface area contributed by atoms with Crippen LogP contribution in [0.1, 0.15) is 28.4 Å². The monoisotopic (exact) mass is 284 g/mol. The molecule has 0 bridgehead atoms. The SMILES string of the molecule is NC(CC(=O)Nc1ccc(C(=O)O)cc1)c1ccccc1. The molecule has 21 heavy (non-hydrogen) atoms. The second-order valence-electron chi connectivity index (χ2n) is 4.65. The van der Waals surface area contributed by atoms with Gasteiger partial charge in [0.2, 0.25) is 5.91 Å². The predicted octanol–water partition coefficient (Wildman–Crippen LogP) is 2.41. The lowest BCUT2D eigenvalue weighted by Gasteiger charge is -2.12. The van der Waals surface area contributed by atoms with Crippen LogP contribution >= 0.6 is 0 Å². The summed E-state index contributed by atoms with van der Waals surface area (Å²) in [6, 6.07) is 15.0. The molecular weight excluding hydrogens is 268 g/mol. The first kappa shape index (κ1) is 14.7. The van der Waals surface area contributed by atoms with E-state index in [2.05, 4.69) is 5.32 Å². The van der Waals surface area contributed by atoms with Gasteiger partial charge in [-0.25, -0.2) is 4.79 Å². The molecule has 0 radical (unpaired) electrons. The van der Waals surface area contributed by atoms with Crippen LogP contribution in [-0.4, -0.2) is 17.0 Å². The summed E-state index contributed by atoms with van der Waals surface area (Å²) in [4.78, 5) is 22.6. The van der Waals surface area contributed by atoms with Crippen LogP contribution in [0.5, 0.6) is 0 Å². The molecule has 0 heterocycles. The van der Waals surface area contributed by atoms with Crippen LogP contribution < -0.4 is 11.1 Å².